The number of carbonyl (C=O) groups excluding carboxylic acids is 2. The van der Waals surface area contributed by atoms with Gasteiger partial charge in [-0.3, -0.25) is 20.4 Å². The molecule has 8 heteroatoms. The van der Waals surface area contributed by atoms with Crippen LogP contribution in [0.25, 0.3) is 10.1 Å². The summed E-state index contributed by atoms with van der Waals surface area (Å²) in [5.74, 6) is -1.66. The summed E-state index contributed by atoms with van der Waals surface area (Å²) in [6.45, 7) is 1.49. The molecule has 0 saturated heterocycles. The molecule has 0 saturated carbocycles. The highest BCUT2D eigenvalue weighted by Gasteiger charge is 2.17. The molecule has 26 heavy (non-hydrogen) atoms. The molecule has 0 fully saturated rings. The van der Waals surface area contributed by atoms with E-state index in [0.717, 1.165) is 11.3 Å². The number of hydrazine groups is 1. The van der Waals surface area contributed by atoms with E-state index in [9.17, 15) is 18.4 Å². The Morgan fingerprint density at radius 2 is 1.81 bits per heavy atom. The fraction of sp³-hybridized carbons (Fsp3) is 0.111. The Kier molecular flexibility index (Phi) is 5.13. The van der Waals surface area contributed by atoms with Gasteiger partial charge < -0.3 is 4.74 Å². The van der Waals surface area contributed by atoms with Crippen LogP contribution in [0.15, 0.2) is 48.5 Å². The van der Waals surface area contributed by atoms with Crippen molar-refractivity contribution in [2.24, 2.45) is 0 Å². The predicted octanol–water partition coefficient (Wildman–Crippen LogP) is 3.41. The van der Waals surface area contributed by atoms with E-state index >= 15 is 0 Å². The van der Waals surface area contributed by atoms with Crippen LogP contribution in [0, 0.1) is 11.6 Å². The molecule has 0 aliphatic carbocycles. The normalized spacial score (nSPS) is 11.8. The molecule has 1 aromatic heterocycles. The van der Waals surface area contributed by atoms with Crippen LogP contribution in [0.2, 0.25) is 0 Å². The molecule has 1 unspecified atom stereocenters. The second-order valence-corrected chi connectivity index (χ2v) is 6.50. The van der Waals surface area contributed by atoms with E-state index in [1.807, 2.05) is 0 Å². The van der Waals surface area contributed by atoms with Crippen LogP contribution in [-0.4, -0.2) is 17.9 Å². The molecule has 2 N–H and O–H groups in total. The molecule has 3 rings (SSSR count). The molecule has 0 aliphatic heterocycles. The van der Waals surface area contributed by atoms with Gasteiger partial charge in [-0.05, 0) is 49.4 Å². The highest BCUT2D eigenvalue weighted by atomic mass is 32.1. The van der Waals surface area contributed by atoms with Gasteiger partial charge in [-0.15, -0.1) is 11.3 Å². The fourth-order valence-electron chi connectivity index (χ4n) is 2.19. The van der Waals surface area contributed by atoms with Crippen molar-refractivity contribution in [3.8, 4) is 5.75 Å². The van der Waals surface area contributed by atoms with Gasteiger partial charge in [0, 0.05) is 10.1 Å². The van der Waals surface area contributed by atoms with Gasteiger partial charge in [0.05, 0.1) is 4.88 Å². The average molecular weight is 376 g/mol. The molecule has 1 heterocycles. The maximum Gasteiger partial charge on any atom is 0.279 e. The van der Waals surface area contributed by atoms with Crippen LogP contribution < -0.4 is 15.6 Å². The first-order valence-corrected chi connectivity index (χ1v) is 8.46. The minimum atomic E-state index is -0.916. The van der Waals surface area contributed by atoms with Crippen molar-refractivity contribution in [1.82, 2.24) is 10.9 Å². The van der Waals surface area contributed by atoms with Crippen LogP contribution >= 0.6 is 11.3 Å². The molecule has 2 amide bonds. The molecule has 5 nitrogen and oxygen atoms in total. The predicted molar refractivity (Wildman–Crippen MR) is 93.9 cm³/mol. The minimum Gasteiger partial charge on any atom is -0.481 e. The summed E-state index contributed by atoms with van der Waals surface area (Å²) in [5, 5.41) is 0.349. The smallest absolute Gasteiger partial charge is 0.279 e. The van der Waals surface area contributed by atoms with Gasteiger partial charge in [0.1, 0.15) is 17.4 Å². The lowest BCUT2D eigenvalue weighted by molar-refractivity contribution is -0.128. The Morgan fingerprint density at radius 3 is 2.50 bits per heavy atom. The lowest BCUT2D eigenvalue weighted by Crippen LogP contribution is -2.47. The SMILES string of the molecule is CC(Oc1ccc(F)cc1)C(=O)NNC(=O)c1cc2c(F)cccc2s1. The van der Waals surface area contributed by atoms with E-state index < -0.39 is 29.6 Å². The molecule has 1 atom stereocenters. The van der Waals surface area contributed by atoms with E-state index in [4.69, 9.17) is 4.74 Å². The first kappa shape index (κ1) is 17.8. The summed E-state index contributed by atoms with van der Waals surface area (Å²) in [5.41, 5.74) is 4.51. The lowest BCUT2D eigenvalue weighted by Gasteiger charge is -2.14. The number of amides is 2. The topological polar surface area (TPSA) is 67.4 Å². The lowest BCUT2D eigenvalue weighted by atomic mass is 10.2. The summed E-state index contributed by atoms with van der Waals surface area (Å²) in [7, 11) is 0. The second-order valence-electron chi connectivity index (χ2n) is 5.42. The Balaban J connectivity index is 1.58. The number of carbonyl (C=O) groups is 2. The quantitative estimate of drug-likeness (QED) is 0.686. The van der Waals surface area contributed by atoms with Crippen molar-refractivity contribution in [2.75, 3.05) is 0 Å². The zero-order chi connectivity index (χ0) is 18.7. The number of hydrogen-bond donors (Lipinski definition) is 2. The molecule has 2 aromatic carbocycles. The number of ether oxygens (including phenoxy) is 1. The molecular formula is C18H14F2N2O3S. The van der Waals surface area contributed by atoms with Crippen LogP contribution in [-0.2, 0) is 4.79 Å². The molecule has 3 aromatic rings. The van der Waals surface area contributed by atoms with Crippen molar-refractivity contribution < 1.29 is 23.1 Å². The molecule has 0 bridgehead atoms. The summed E-state index contributed by atoms with van der Waals surface area (Å²) < 4.78 is 32.5. The Labute approximate surface area is 151 Å². The van der Waals surface area contributed by atoms with Gasteiger partial charge in [-0.1, -0.05) is 6.07 Å². The van der Waals surface area contributed by atoms with Gasteiger partial charge in [0.15, 0.2) is 6.10 Å². The monoisotopic (exact) mass is 376 g/mol. The standard InChI is InChI=1S/C18H14F2N2O3S/c1-10(25-12-7-5-11(19)6-8-12)17(23)21-22-18(24)16-9-13-14(20)3-2-4-15(13)26-16/h2-10H,1H3,(H,21,23)(H,22,24). The largest absolute Gasteiger partial charge is 0.481 e. The molecule has 0 aliphatic rings. The van der Waals surface area contributed by atoms with E-state index in [1.165, 1.54) is 43.3 Å². The summed E-state index contributed by atoms with van der Waals surface area (Å²) in [4.78, 5) is 24.4. The first-order chi connectivity index (χ1) is 12.4. The maximum absolute atomic E-state index is 13.7. The summed E-state index contributed by atoms with van der Waals surface area (Å²) in [6.07, 6.45) is -0.916. The van der Waals surface area contributed by atoms with E-state index in [-0.39, 0.29) is 4.88 Å². The van der Waals surface area contributed by atoms with Gasteiger partial charge in [-0.2, -0.15) is 0 Å². The number of thiophene rings is 1. The first-order valence-electron chi connectivity index (χ1n) is 7.64. The maximum atomic E-state index is 13.7. The number of benzene rings is 2. The fourth-order valence-corrected chi connectivity index (χ4v) is 3.16. The van der Waals surface area contributed by atoms with Crippen LogP contribution in [0.1, 0.15) is 16.6 Å². The summed E-state index contributed by atoms with van der Waals surface area (Å²) in [6, 6.07) is 11.2. The highest BCUT2D eigenvalue weighted by molar-refractivity contribution is 7.20. The van der Waals surface area contributed by atoms with E-state index in [2.05, 4.69) is 10.9 Å². The van der Waals surface area contributed by atoms with Gasteiger partial charge in [0.2, 0.25) is 0 Å². The third-order valence-corrected chi connectivity index (χ3v) is 4.63. The van der Waals surface area contributed by atoms with Crippen molar-refractivity contribution >= 4 is 33.2 Å². The van der Waals surface area contributed by atoms with Gasteiger partial charge in [-0.25, -0.2) is 8.78 Å². The van der Waals surface area contributed by atoms with Crippen molar-refractivity contribution in [3.63, 3.8) is 0 Å². The summed E-state index contributed by atoms with van der Waals surface area (Å²) >= 11 is 1.11. The Morgan fingerprint density at radius 1 is 1.08 bits per heavy atom. The highest BCUT2D eigenvalue weighted by Crippen LogP contribution is 2.27. The van der Waals surface area contributed by atoms with Crippen LogP contribution in [0.3, 0.4) is 0 Å². The van der Waals surface area contributed by atoms with Crippen molar-refractivity contribution in [1.29, 1.82) is 0 Å². The third-order valence-electron chi connectivity index (χ3n) is 3.53. The number of hydrogen-bond acceptors (Lipinski definition) is 4. The van der Waals surface area contributed by atoms with Crippen LogP contribution in [0.4, 0.5) is 8.78 Å². The number of fused-ring (bicyclic) bond motifs is 1. The van der Waals surface area contributed by atoms with E-state index in [0.29, 0.717) is 15.8 Å². The third kappa shape index (κ3) is 3.97. The van der Waals surface area contributed by atoms with Crippen molar-refractivity contribution in [3.05, 3.63) is 65.0 Å². The zero-order valence-electron chi connectivity index (χ0n) is 13.6. The minimum absolute atomic E-state index is 0.262. The van der Waals surface area contributed by atoms with Crippen molar-refractivity contribution in [2.45, 2.75) is 13.0 Å². The molecule has 0 radical (unpaired) electrons. The van der Waals surface area contributed by atoms with Gasteiger partial charge in [0.25, 0.3) is 11.8 Å². The van der Waals surface area contributed by atoms with Crippen LogP contribution in [0.5, 0.6) is 5.75 Å². The Hall–Kier alpha value is -3.00. The molecular weight excluding hydrogens is 362 g/mol. The number of nitrogens with one attached hydrogen (secondary N) is 2. The average Bonchev–Trinajstić information content (AvgIpc) is 3.07. The van der Waals surface area contributed by atoms with Gasteiger partial charge >= 0.3 is 0 Å². The number of halogens is 2. The van der Waals surface area contributed by atoms with E-state index in [1.54, 1.807) is 12.1 Å². The zero-order valence-corrected chi connectivity index (χ0v) is 14.4. The molecule has 134 valence electrons. The number of rotatable bonds is 4. The molecule has 0 spiro atoms. The Bertz CT molecular complexity index is 957. The second kappa shape index (κ2) is 7.49.